The molecule has 1 aromatic carbocycles. The Bertz CT molecular complexity index is 366. The first kappa shape index (κ1) is 14.4. The summed E-state index contributed by atoms with van der Waals surface area (Å²) in [6, 6.07) is 5.07. The van der Waals surface area contributed by atoms with Crippen LogP contribution in [0.15, 0.2) is 18.2 Å². The van der Waals surface area contributed by atoms with E-state index in [4.69, 9.17) is 10.5 Å². The van der Waals surface area contributed by atoms with Crippen LogP contribution in [-0.2, 0) is 4.74 Å². The van der Waals surface area contributed by atoms with Crippen molar-refractivity contribution < 1.29 is 9.13 Å². The first-order valence-electron chi connectivity index (χ1n) is 5.78. The molecule has 17 heavy (non-hydrogen) atoms. The zero-order chi connectivity index (χ0) is 11.5. The van der Waals surface area contributed by atoms with Gasteiger partial charge in [-0.15, -0.1) is 12.4 Å². The van der Waals surface area contributed by atoms with Gasteiger partial charge in [-0.1, -0.05) is 12.1 Å². The molecule has 1 saturated heterocycles. The van der Waals surface area contributed by atoms with E-state index in [0.717, 1.165) is 31.6 Å². The van der Waals surface area contributed by atoms with Crippen molar-refractivity contribution in [3.8, 4) is 0 Å². The molecule has 1 aromatic rings. The molecule has 2 N–H and O–H groups in total. The third-order valence-corrected chi connectivity index (χ3v) is 3.44. The van der Waals surface area contributed by atoms with E-state index in [0.29, 0.717) is 11.5 Å². The Balaban J connectivity index is 0.00000144. The molecule has 96 valence electrons. The molecule has 0 aliphatic carbocycles. The van der Waals surface area contributed by atoms with Crippen LogP contribution in [0.1, 0.15) is 30.0 Å². The lowest BCUT2D eigenvalue weighted by Gasteiger charge is -2.28. The number of halogens is 2. The van der Waals surface area contributed by atoms with Crippen LogP contribution in [0, 0.1) is 18.7 Å². The van der Waals surface area contributed by atoms with Gasteiger partial charge >= 0.3 is 0 Å². The molecule has 0 aromatic heterocycles. The van der Waals surface area contributed by atoms with E-state index in [1.807, 2.05) is 6.07 Å². The highest BCUT2D eigenvalue weighted by atomic mass is 35.5. The summed E-state index contributed by atoms with van der Waals surface area (Å²) in [5.41, 5.74) is 7.84. The number of benzene rings is 1. The second kappa shape index (κ2) is 6.34. The van der Waals surface area contributed by atoms with Gasteiger partial charge in [0.15, 0.2) is 0 Å². The number of ether oxygens (including phenoxy) is 1. The van der Waals surface area contributed by atoms with Crippen molar-refractivity contribution >= 4 is 12.4 Å². The smallest absolute Gasteiger partial charge is 0.126 e. The summed E-state index contributed by atoms with van der Waals surface area (Å²) in [5, 5.41) is 0. The Kier molecular flexibility index (Phi) is 5.37. The van der Waals surface area contributed by atoms with Gasteiger partial charge in [-0.2, -0.15) is 0 Å². The van der Waals surface area contributed by atoms with Crippen LogP contribution >= 0.6 is 12.4 Å². The van der Waals surface area contributed by atoms with Gasteiger partial charge in [-0.3, -0.25) is 0 Å². The maximum Gasteiger partial charge on any atom is 0.126 e. The van der Waals surface area contributed by atoms with E-state index in [-0.39, 0.29) is 24.3 Å². The molecule has 1 aliphatic heterocycles. The number of hydrogen-bond donors (Lipinski definition) is 1. The molecule has 1 fully saturated rings. The minimum absolute atomic E-state index is 0. The predicted octanol–water partition coefficient (Wildman–Crippen LogP) is 2.98. The summed E-state index contributed by atoms with van der Waals surface area (Å²) in [5.74, 6) is 0.245. The summed E-state index contributed by atoms with van der Waals surface area (Å²) in [7, 11) is 0. The zero-order valence-electron chi connectivity index (χ0n) is 9.99. The van der Waals surface area contributed by atoms with Crippen molar-refractivity contribution in [3.63, 3.8) is 0 Å². The summed E-state index contributed by atoms with van der Waals surface area (Å²) in [6.07, 6.45) is 1.94. The van der Waals surface area contributed by atoms with Gasteiger partial charge < -0.3 is 10.5 Å². The molecule has 2 nitrogen and oxygen atoms in total. The first-order chi connectivity index (χ1) is 7.70. The summed E-state index contributed by atoms with van der Waals surface area (Å²) in [4.78, 5) is 0. The largest absolute Gasteiger partial charge is 0.381 e. The highest BCUT2D eigenvalue weighted by molar-refractivity contribution is 5.85. The van der Waals surface area contributed by atoms with Crippen LogP contribution in [0.3, 0.4) is 0 Å². The Morgan fingerprint density at radius 1 is 1.35 bits per heavy atom. The highest BCUT2D eigenvalue weighted by Gasteiger charge is 2.23. The lowest BCUT2D eigenvalue weighted by atomic mass is 9.86. The minimum atomic E-state index is -0.167. The van der Waals surface area contributed by atoms with Gasteiger partial charge in [-0.25, -0.2) is 4.39 Å². The van der Waals surface area contributed by atoms with Crippen LogP contribution in [0.25, 0.3) is 0 Å². The Morgan fingerprint density at radius 3 is 2.65 bits per heavy atom. The fraction of sp³-hybridized carbons (Fsp3) is 0.538. The topological polar surface area (TPSA) is 35.2 Å². The second-order valence-electron chi connectivity index (χ2n) is 4.43. The Morgan fingerprint density at radius 2 is 2.00 bits per heavy atom. The monoisotopic (exact) mass is 259 g/mol. The first-order valence-corrected chi connectivity index (χ1v) is 5.78. The molecule has 0 bridgehead atoms. The van der Waals surface area contributed by atoms with Crippen LogP contribution in [0.2, 0.25) is 0 Å². The van der Waals surface area contributed by atoms with E-state index >= 15 is 0 Å². The molecule has 2 rings (SSSR count). The van der Waals surface area contributed by atoms with E-state index in [2.05, 4.69) is 0 Å². The third kappa shape index (κ3) is 3.18. The highest BCUT2D eigenvalue weighted by Crippen LogP contribution is 2.30. The lowest BCUT2D eigenvalue weighted by Crippen LogP contribution is -2.28. The molecule has 4 heteroatoms. The molecule has 1 aliphatic rings. The maximum absolute atomic E-state index is 13.4. The van der Waals surface area contributed by atoms with Crippen LogP contribution in [0.4, 0.5) is 4.39 Å². The van der Waals surface area contributed by atoms with Gasteiger partial charge in [0.05, 0.1) is 0 Å². The van der Waals surface area contributed by atoms with E-state index in [9.17, 15) is 4.39 Å². The van der Waals surface area contributed by atoms with Gasteiger partial charge in [-0.05, 0) is 42.9 Å². The van der Waals surface area contributed by atoms with E-state index in [1.54, 1.807) is 13.0 Å². The van der Waals surface area contributed by atoms with Gasteiger partial charge in [0.1, 0.15) is 5.82 Å². The average Bonchev–Trinajstić information content (AvgIpc) is 2.33. The molecule has 1 heterocycles. The molecular formula is C13H19ClFNO. The summed E-state index contributed by atoms with van der Waals surface area (Å²) < 4.78 is 18.7. The SMILES string of the molecule is Cc1c(F)cccc1[C@H](N)C1CCOCC1.Cl. The van der Waals surface area contributed by atoms with Crippen molar-refractivity contribution in [1.82, 2.24) is 0 Å². The standard InChI is InChI=1S/C13H18FNO.ClH/c1-9-11(3-2-4-12(9)14)13(15)10-5-7-16-8-6-10;/h2-4,10,13H,5-8,15H2,1H3;1H/t13-;/m1./s1. The molecule has 1 atom stereocenters. The van der Waals surface area contributed by atoms with E-state index in [1.165, 1.54) is 6.07 Å². The third-order valence-electron chi connectivity index (χ3n) is 3.44. The summed E-state index contributed by atoms with van der Waals surface area (Å²) >= 11 is 0. The van der Waals surface area contributed by atoms with Crippen molar-refractivity contribution in [2.75, 3.05) is 13.2 Å². The predicted molar refractivity (Wildman–Crippen MR) is 68.9 cm³/mol. The van der Waals surface area contributed by atoms with Crippen LogP contribution < -0.4 is 5.73 Å². The molecular weight excluding hydrogens is 241 g/mol. The normalized spacial score (nSPS) is 18.5. The Labute approximate surface area is 108 Å². The quantitative estimate of drug-likeness (QED) is 0.886. The fourth-order valence-electron chi connectivity index (χ4n) is 2.31. The van der Waals surface area contributed by atoms with Crippen LogP contribution in [0.5, 0.6) is 0 Å². The van der Waals surface area contributed by atoms with Crippen molar-refractivity contribution in [1.29, 1.82) is 0 Å². The zero-order valence-corrected chi connectivity index (χ0v) is 10.8. The minimum Gasteiger partial charge on any atom is -0.381 e. The van der Waals surface area contributed by atoms with Crippen LogP contribution in [-0.4, -0.2) is 13.2 Å². The molecule has 0 radical (unpaired) electrons. The molecule has 0 unspecified atom stereocenters. The Hall–Kier alpha value is -0.640. The van der Waals surface area contributed by atoms with Crippen molar-refractivity contribution in [3.05, 3.63) is 35.1 Å². The van der Waals surface area contributed by atoms with Gasteiger partial charge in [0.25, 0.3) is 0 Å². The lowest BCUT2D eigenvalue weighted by molar-refractivity contribution is 0.0583. The number of hydrogen-bond acceptors (Lipinski definition) is 2. The number of rotatable bonds is 2. The second-order valence-corrected chi connectivity index (χ2v) is 4.43. The fourth-order valence-corrected chi connectivity index (χ4v) is 2.31. The average molecular weight is 260 g/mol. The van der Waals surface area contributed by atoms with Crippen molar-refractivity contribution in [2.24, 2.45) is 11.7 Å². The molecule has 0 saturated carbocycles. The van der Waals surface area contributed by atoms with Gasteiger partial charge in [0.2, 0.25) is 0 Å². The maximum atomic E-state index is 13.4. The summed E-state index contributed by atoms with van der Waals surface area (Å²) in [6.45, 7) is 3.34. The number of nitrogens with two attached hydrogens (primary N) is 1. The van der Waals surface area contributed by atoms with E-state index < -0.39 is 0 Å². The molecule has 0 spiro atoms. The van der Waals surface area contributed by atoms with Gasteiger partial charge in [0, 0.05) is 19.3 Å². The molecule has 0 amide bonds. The van der Waals surface area contributed by atoms with Crippen molar-refractivity contribution in [2.45, 2.75) is 25.8 Å².